The van der Waals surface area contributed by atoms with Gasteiger partial charge in [-0.25, -0.2) is 4.98 Å². The number of hydrogen-bond acceptors (Lipinski definition) is 5. The number of amides is 1. The summed E-state index contributed by atoms with van der Waals surface area (Å²) >= 11 is 0. The molecule has 0 unspecified atom stereocenters. The Morgan fingerprint density at radius 1 is 0.936 bits per heavy atom. The van der Waals surface area contributed by atoms with Gasteiger partial charge in [0.2, 0.25) is 5.91 Å². The van der Waals surface area contributed by atoms with Crippen molar-refractivity contribution < 1.29 is 9.90 Å². The Kier molecular flexibility index (Phi) is 8.28. The van der Waals surface area contributed by atoms with Crippen molar-refractivity contribution in [2.24, 2.45) is 29.1 Å². The molecule has 1 aliphatic heterocycles. The van der Waals surface area contributed by atoms with Crippen LogP contribution in [0, 0.1) is 36.0 Å². The van der Waals surface area contributed by atoms with Gasteiger partial charge in [-0.05, 0) is 111 Å². The number of carbonyl (C=O) groups excluding carboxylic acids is 1. The van der Waals surface area contributed by atoms with Gasteiger partial charge in [-0.3, -0.25) is 4.79 Å². The van der Waals surface area contributed by atoms with Gasteiger partial charge in [0.15, 0.2) is 5.65 Å². The number of nitrogens with zero attached hydrogens (tertiary/aromatic N) is 4. The maximum atomic E-state index is 13.1. The number of aryl methyl sites for hydroxylation is 1. The predicted molar refractivity (Wildman–Crippen MR) is 187 cm³/mol. The maximum Gasteiger partial charge on any atom is 0.220 e. The molecule has 9 rings (SSSR count). The van der Waals surface area contributed by atoms with Crippen molar-refractivity contribution in [2.75, 3.05) is 31.1 Å². The molecular formula is C40H49N5O2. The summed E-state index contributed by atoms with van der Waals surface area (Å²) in [5.74, 6) is 4.54. The number of aliphatic hydroxyl groups is 1. The van der Waals surface area contributed by atoms with Crippen LogP contribution in [0.5, 0.6) is 0 Å². The van der Waals surface area contributed by atoms with Crippen molar-refractivity contribution in [2.45, 2.75) is 77.6 Å². The van der Waals surface area contributed by atoms with E-state index < -0.39 is 0 Å². The van der Waals surface area contributed by atoms with Crippen molar-refractivity contribution in [3.8, 4) is 22.4 Å². The highest BCUT2D eigenvalue weighted by Crippen LogP contribution is 2.61. The van der Waals surface area contributed by atoms with Crippen molar-refractivity contribution in [3.63, 3.8) is 0 Å². The first-order valence-electron chi connectivity index (χ1n) is 18.1. The highest BCUT2D eigenvalue weighted by atomic mass is 16.3. The molecule has 47 heavy (non-hydrogen) atoms. The number of nitrogens with one attached hydrogen (secondary N) is 1. The second-order valence-electron chi connectivity index (χ2n) is 15.4. The molecule has 4 aliphatic carbocycles. The highest BCUT2D eigenvalue weighted by Gasteiger charge is 2.51. The fraction of sp³-hybridized carbons (Fsp3) is 0.525. The smallest absolute Gasteiger partial charge is 0.220 e. The molecule has 0 spiro atoms. The molecule has 0 atom stereocenters. The monoisotopic (exact) mass is 631 g/mol. The molecule has 2 aromatic carbocycles. The van der Waals surface area contributed by atoms with Crippen LogP contribution >= 0.6 is 0 Å². The summed E-state index contributed by atoms with van der Waals surface area (Å²) in [6.45, 7) is 4.91. The molecule has 1 amide bonds. The van der Waals surface area contributed by atoms with Crippen LogP contribution in [0.2, 0.25) is 0 Å². The topological polar surface area (TPSA) is 82.8 Å². The zero-order chi connectivity index (χ0) is 32.0. The van der Waals surface area contributed by atoms with Gasteiger partial charge in [-0.15, -0.1) is 0 Å². The summed E-state index contributed by atoms with van der Waals surface area (Å²) in [4.78, 5) is 20.7. The molecular weight excluding hydrogens is 582 g/mol. The van der Waals surface area contributed by atoms with E-state index in [-0.39, 0.29) is 17.9 Å². The molecule has 2 N–H and O–H groups in total. The number of aliphatic hydroxyl groups excluding tert-OH is 1. The van der Waals surface area contributed by atoms with Crippen LogP contribution in [0.1, 0.15) is 75.5 Å². The zero-order valence-electron chi connectivity index (χ0n) is 27.8. The number of benzene rings is 2. The second kappa shape index (κ2) is 12.7. The first-order valence-corrected chi connectivity index (χ1v) is 18.1. The van der Waals surface area contributed by atoms with Crippen LogP contribution in [0.4, 0.5) is 5.82 Å². The summed E-state index contributed by atoms with van der Waals surface area (Å²) in [5, 5.41) is 17.8. The third kappa shape index (κ3) is 6.19. The van der Waals surface area contributed by atoms with Gasteiger partial charge in [0.05, 0.1) is 11.4 Å². The Morgan fingerprint density at radius 3 is 2.28 bits per heavy atom. The average Bonchev–Trinajstić information content (AvgIpc) is 3.40. The Morgan fingerprint density at radius 2 is 1.62 bits per heavy atom. The summed E-state index contributed by atoms with van der Waals surface area (Å²) < 4.78 is 2.04. The average molecular weight is 632 g/mol. The van der Waals surface area contributed by atoms with Crippen LogP contribution < -0.4 is 10.2 Å². The fourth-order valence-corrected chi connectivity index (χ4v) is 10.2. The number of piperidine rings is 1. The lowest BCUT2D eigenvalue weighted by atomic mass is 9.49. The largest absolute Gasteiger partial charge is 0.396 e. The minimum atomic E-state index is 0.249. The molecule has 246 valence electrons. The van der Waals surface area contributed by atoms with Gasteiger partial charge in [0, 0.05) is 49.9 Å². The summed E-state index contributed by atoms with van der Waals surface area (Å²) in [6.07, 6.45) is 12.7. The van der Waals surface area contributed by atoms with Crippen LogP contribution in [-0.2, 0) is 11.2 Å². The molecule has 4 saturated carbocycles. The molecule has 0 radical (unpaired) electrons. The first kappa shape index (κ1) is 30.6. The van der Waals surface area contributed by atoms with Crippen LogP contribution in [-0.4, -0.2) is 51.9 Å². The van der Waals surface area contributed by atoms with Crippen LogP contribution in [0.25, 0.3) is 28.0 Å². The molecule has 5 fully saturated rings. The highest BCUT2D eigenvalue weighted by molar-refractivity contribution is 5.83. The van der Waals surface area contributed by atoms with Gasteiger partial charge in [0.1, 0.15) is 5.82 Å². The first-order chi connectivity index (χ1) is 22.9. The van der Waals surface area contributed by atoms with Crippen LogP contribution in [0.15, 0.2) is 60.7 Å². The standard InChI is InChI=1S/C40H49N5O2/c1-27-38(34-9-7-28(8-10-34)11-15-41-36(47)26-40-23-30-19-31(24-40)21-32(20-30)25-40)39-42-35(33-5-3-2-4-6-33)22-37(45(39)43-27)44-16-12-29(13-17-44)14-18-46/h2-10,22,29-32,46H,11-21,23-26H2,1H3,(H,41,47). The van der Waals surface area contributed by atoms with Crippen molar-refractivity contribution in [3.05, 3.63) is 71.9 Å². The molecule has 7 nitrogen and oxygen atoms in total. The molecule has 3 heterocycles. The number of fused-ring (bicyclic) bond motifs is 1. The SMILES string of the molecule is Cc1nn2c(N3CCC(CCO)CC3)cc(-c3ccccc3)nc2c1-c1ccc(CCNC(=O)CC23CC4CC(CC(C4)C2)C3)cc1. The van der Waals surface area contributed by atoms with Gasteiger partial charge < -0.3 is 15.3 Å². The molecule has 5 aliphatic rings. The van der Waals surface area contributed by atoms with Gasteiger partial charge in [-0.1, -0.05) is 54.6 Å². The zero-order valence-corrected chi connectivity index (χ0v) is 27.8. The number of rotatable bonds is 10. The lowest BCUT2D eigenvalue weighted by Crippen LogP contribution is -2.48. The van der Waals surface area contributed by atoms with E-state index in [9.17, 15) is 9.90 Å². The van der Waals surface area contributed by atoms with Gasteiger partial charge >= 0.3 is 0 Å². The van der Waals surface area contributed by atoms with Crippen molar-refractivity contribution >= 4 is 17.4 Å². The number of carbonyl (C=O) groups is 1. The lowest BCUT2D eigenvalue weighted by molar-refractivity contribution is -0.129. The molecule has 7 heteroatoms. The summed E-state index contributed by atoms with van der Waals surface area (Å²) in [6, 6.07) is 21.4. The molecule has 1 saturated heterocycles. The van der Waals surface area contributed by atoms with E-state index in [0.29, 0.717) is 12.5 Å². The van der Waals surface area contributed by atoms with E-state index in [1.165, 1.54) is 44.1 Å². The van der Waals surface area contributed by atoms with E-state index in [2.05, 4.69) is 71.7 Å². The van der Waals surface area contributed by atoms with Gasteiger partial charge in [-0.2, -0.15) is 9.61 Å². The Labute approximate surface area is 278 Å². The fourth-order valence-electron chi connectivity index (χ4n) is 10.2. The van der Waals surface area contributed by atoms with Gasteiger partial charge in [0.25, 0.3) is 0 Å². The summed E-state index contributed by atoms with van der Waals surface area (Å²) in [7, 11) is 0. The summed E-state index contributed by atoms with van der Waals surface area (Å²) in [5.41, 5.74) is 7.57. The van der Waals surface area contributed by atoms with Crippen LogP contribution in [0.3, 0.4) is 0 Å². The minimum Gasteiger partial charge on any atom is -0.396 e. The molecule has 4 bridgehead atoms. The molecule has 2 aromatic heterocycles. The van der Waals surface area contributed by atoms with E-state index in [1.54, 1.807) is 0 Å². The van der Waals surface area contributed by atoms with E-state index >= 15 is 0 Å². The van der Waals surface area contributed by atoms with E-state index in [1.807, 2.05) is 10.6 Å². The predicted octanol–water partition coefficient (Wildman–Crippen LogP) is 7.24. The quantitative estimate of drug-likeness (QED) is 0.193. The normalized spacial score (nSPS) is 25.5. The lowest BCUT2D eigenvalue weighted by Gasteiger charge is -2.56. The third-order valence-electron chi connectivity index (χ3n) is 12.0. The third-order valence-corrected chi connectivity index (χ3v) is 12.0. The number of aromatic nitrogens is 3. The Hall–Kier alpha value is -3.71. The number of anilines is 1. The molecule has 4 aromatic rings. The minimum absolute atomic E-state index is 0.249. The van der Waals surface area contributed by atoms with E-state index in [0.717, 1.165) is 102 Å². The Balaban J connectivity index is 0.987. The van der Waals surface area contributed by atoms with E-state index in [4.69, 9.17) is 10.1 Å². The van der Waals surface area contributed by atoms with Crippen molar-refractivity contribution in [1.82, 2.24) is 19.9 Å². The second-order valence-corrected chi connectivity index (χ2v) is 15.4. The number of hydrogen-bond donors (Lipinski definition) is 2. The maximum absolute atomic E-state index is 13.1. The Bertz CT molecular complexity index is 1690. The van der Waals surface area contributed by atoms with Crippen molar-refractivity contribution in [1.29, 1.82) is 0 Å².